The zero-order valence-electron chi connectivity index (χ0n) is 12.6. The Balaban J connectivity index is 2.17. The van der Waals surface area contributed by atoms with Gasteiger partial charge in [-0.3, -0.25) is 0 Å². The molecule has 1 heterocycles. The van der Waals surface area contributed by atoms with Crippen molar-refractivity contribution in [3.63, 3.8) is 0 Å². The Labute approximate surface area is 140 Å². The zero-order valence-corrected chi connectivity index (χ0v) is 15.6. The van der Waals surface area contributed by atoms with E-state index in [-0.39, 0.29) is 0 Å². The van der Waals surface area contributed by atoms with Crippen molar-refractivity contribution in [1.29, 1.82) is 0 Å². The normalized spacial score (nSPS) is 16.1. The monoisotopic (exact) mass is 405 g/mol. The Morgan fingerprint density at radius 3 is 2.60 bits per heavy atom. The Kier molecular flexibility index (Phi) is 6.39. The minimum Gasteiger partial charge on any atom is -0.372 e. The van der Waals surface area contributed by atoms with Gasteiger partial charge in [-0.15, -0.1) is 0 Å². The Hall–Kier alpha value is -0.0400. The average Bonchev–Trinajstić information content (AvgIpc) is 2.93. The fourth-order valence-corrected chi connectivity index (χ4v) is 4.45. The summed E-state index contributed by atoms with van der Waals surface area (Å²) in [5.74, 6) is 5.45. The number of aromatic nitrogens is 2. The van der Waals surface area contributed by atoms with E-state index in [2.05, 4.69) is 46.7 Å². The quantitative estimate of drug-likeness (QED) is 0.698. The lowest BCUT2D eigenvalue weighted by Crippen LogP contribution is -2.09. The SMILES string of the molecule is CNc1nc(CSCC(C)C)nc(C2CCCC2)c1I. The lowest BCUT2D eigenvalue weighted by molar-refractivity contribution is 0.683. The molecule has 1 aromatic heterocycles. The van der Waals surface area contributed by atoms with E-state index in [9.17, 15) is 0 Å². The van der Waals surface area contributed by atoms with E-state index in [1.807, 2.05) is 18.8 Å². The van der Waals surface area contributed by atoms with Crippen molar-refractivity contribution in [3.8, 4) is 0 Å². The summed E-state index contributed by atoms with van der Waals surface area (Å²) < 4.78 is 1.22. The lowest BCUT2D eigenvalue weighted by atomic mass is 10.0. The number of hydrogen-bond acceptors (Lipinski definition) is 4. The van der Waals surface area contributed by atoms with Crippen molar-refractivity contribution in [2.45, 2.75) is 51.2 Å². The number of hydrogen-bond donors (Lipinski definition) is 1. The molecule has 20 heavy (non-hydrogen) atoms. The van der Waals surface area contributed by atoms with Crippen molar-refractivity contribution >= 4 is 40.2 Å². The van der Waals surface area contributed by atoms with Crippen LogP contribution in [0.15, 0.2) is 0 Å². The van der Waals surface area contributed by atoms with Crippen LogP contribution in [0.1, 0.15) is 57.0 Å². The minimum absolute atomic E-state index is 0.644. The predicted octanol–water partition coefficient (Wildman–Crippen LogP) is 4.67. The highest BCUT2D eigenvalue weighted by Crippen LogP contribution is 2.37. The Morgan fingerprint density at radius 2 is 2.00 bits per heavy atom. The highest BCUT2D eigenvalue weighted by Gasteiger charge is 2.23. The van der Waals surface area contributed by atoms with Crippen molar-refractivity contribution in [2.75, 3.05) is 18.1 Å². The Morgan fingerprint density at radius 1 is 1.30 bits per heavy atom. The number of nitrogens with one attached hydrogen (secondary N) is 1. The van der Waals surface area contributed by atoms with Crippen molar-refractivity contribution in [3.05, 3.63) is 15.1 Å². The van der Waals surface area contributed by atoms with Crippen molar-refractivity contribution in [1.82, 2.24) is 9.97 Å². The second-order valence-corrected chi connectivity index (χ2v) is 7.94. The highest BCUT2D eigenvalue weighted by molar-refractivity contribution is 14.1. The van der Waals surface area contributed by atoms with Gasteiger partial charge in [0, 0.05) is 13.0 Å². The first kappa shape index (κ1) is 16.3. The molecule has 0 unspecified atom stereocenters. The summed E-state index contributed by atoms with van der Waals surface area (Å²) in [6.07, 6.45) is 5.26. The number of rotatable bonds is 6. The molecule has 1 aromatic rings. The van der Waals surface area contributed by atoms with Gasteiger partial charge >= 0.3 is 0 Å². The van der Waals surface area contributed by atoms with E-state index in [4.69, 9.17) is 4.98 Å². The number of thioether (sulfide) groups is 1. The van der Waals surface area contributed by atoms with Crippen LogP contribution in [0.4, 0.5) is 5.82 Å². The third-order valence-electron chi connectivity index (χ3n) is 3.58. The molecule has 3 nitrogen and oxygen atoms in total. The van der Waals surface area contributed by atoms with Gasteiger partial charge < -0.3 is 5.32 Å². The smallest absolute Gasteiger partial charge is 0.143 e. The molecule has 1 saturated carbocycles. The van der Waals surface area contributed by atoms with Crippen molar-refractivity contribution < 1.29 is 0 Å². The number of nitrogens with zero attached hydrogens (tertiary/aromatic N) is 2. The van der Waals surface area contributed by atoms with Crippen LogP contribution in [0.3, 0.4) is 0 Å². The third-order valence-corrected chi connectivity index (χ3v) is 6.01. The summed E-state index contributed by atoms with van der Waals surface area (Å²) in [6, 6.07) is 0. The maximum absolute atomic E-state index is 4.88. The molecule has 0 atom stereocenters. The lowest BCUT2D eigenvalue weighted by Gasteiger charge is -2.15. The van der Waals surface area contributed by atoms with Crippen LogP contribution in [0.25, 0.3) is 0 Å². The van der Waals surface area contributed by atoms with Crippen LogP contribution in [0, 0.1) is 9.49 Å². The van der Waals surface area contributed by atoms with Crippen LogP contribution in [-0.4, -0.2) is 22.8 Å². The molecule has 0 amide bonds. The molecular formula is C15H24IN3S. The third kappa shape index (κ3) is 4.23. The van der Waals surface area contributed by atoms with Gasteiger partial charge in [0.1, 0.15) is 11.6 Å². The largest absolute Gasteiger partial charge is 0.372 e. The van der Waals surface area contributed by atoms with Crippen LogP contribution < -0.4 is 5.32 Å². The van der Waals surface area contributed by atoms with Gasteiger partial charge in [-0.25, -0.2) is 9.97 Å². The van der Waals surface area contributed by atoms with Gasteiger partial charge in [0.2, 0.25) is 0 Å². The summed E-state index contributed by atoms with van der Waals surface area (Å²) in [6.45, 7) is 4.51. The van der Waals surface area contributed by atoms with Gasteiger partial charge in [0.25, 0.3) is 0 Å². The molecule has 1 N–H and O–H groups in total. The van der Waals surface area contributed by atoms with E-state index in [1.54, 1.807) is 0 Å². The van der Waals surface area contributed by atoms with Crippen LogP contribution >= 0.6 is 34.4 Å². The second kappa shape index (κ2) is 7.82. The molecule has 0 spiro atoms. The molecule has 0 bridgehead atoms. The van der Waals surface area contributed by atoms with E-state index < -0.39 is 0 Å². The van der Waals surface area contributed by atoms with Crippen LogP contribution in [0.5, 0.6) is 0 Å². The summed E-state index contributed by atoms with van der Waals surface area (Å²) in [7, 11) is 1.95. The standard InChI is InChI=1S/C15H24IN3S/c1-10(2)8-20-9-12-18-14(11-6-4-5-7-11)13(16)15(17-3)19-12/h10-11H,4-9H2,1-3H3,(H,17,18,19). The molecule has 1 aliphatic carbocycles. The first-order valence-electron chi connectivity index (χ1n) is 7.43. The van der Waals surface area contributed by atoms with Gasteiger partial charge in [0.15, 0.2) is 0 Å². The molecule has 0 aliphatic heterocycles. The maximum Gasteiger partial charge on any atom is 0.143 e. The fraction of sp³-hybridized carbons (Fsp3) is 0.733. The van der Waals surface area contributed by atoms with Crippen molar-refractivity contribution in [2.24, 2.45) is 5.92 Å². The predicted molar refractivity (Wildman–Crippen MR) is 96.5 cm³/mol. The van der Waals surface area contributed by atoms with E-state index in [0.29, 0.717) is 5.92 Å². The van der Waals surface area contributed by atoms with Crippen LogP contribution in [0.2, 0.25) is 0 Å². The highest BCUT2D eigenvalue weighted by atomic mass is 127. The summed E-state index contributed by atoms with van der Waals surface area (Å²) in [4.78, 5) is 9.55. The minimum atomic E-state index is 0.644. The molecule has 0 saturated heterocycles. The molecule has 5 heteroatoms. The van der Waals surface area contributed by atoms with E-state index in [1.165, 1.54) is 40.7 Å². The Bertz CT molecular complexity index is 445. The summed E-state index contributed by atoms with van der Waals surface area (Å²) in [5.41, 5.74) is 1.28. The van der Waals surface area contributed by atoms with Gasteiger partial charge in [-0.2, -0.15) is 11.8 Å². The molecule has 0 aromatic carbocycles. The topological polar surface area (TPSA) is 37.8 Å². The first-order valence-corrected chi connectivity index (χ1v) is 9.67. The molecule has 1 fully saturated rings. The number of halogens is 1. The summed E-state index contributed by atoms with van der Waals surface area (Å²) in [5, 5.41) is 3.23. The maximum atomic E-state index is 4.88. The van der Waals surface area contributed by atoms with Crippen LogP contribution in [-0.2, 0) is 5.75 Å². The first-order chi connectivity index (χ1) is 9.61. The van der Waals surface area contributed by atoms with E-state index >= 15 is 0 Å². The van der Waals surface area contributed by atoms with Gasteiger partial charge in [-0.05, 0) is 47.1 Å². The molecular weight excluding hydrogens is 381 g/mol. The molecule has 2 rings (SSSR count). The molecule has 1 aliphatic rings. The van der Waals surface area contributed by atoms with Gasteiger partial charge in [0.05, 0.1) is 15.0 Å². The molecule has 0 radical (unpaired) electrons. The fourth-order valence-electron chi connectivity index (χ4n) is 2.60. The van der Waals surface area contributed by atoms with Gasteiger partial charge in [-0.1, -0.05) is 26.7 Å². The average molecular weight is 405 g/mol. The second-order valence-electron chi connectivity index (χ2n) is 5.83. The zero-order chi connectivity index (χ0) is 14.5. The number of anilines is 1. The molecule has 112 valence electrons. The van der Waals surface area contributed by atoms with E-state index in [0.717, 1.165) is 23.3 Å². The summed E-state index contributed by atoms with van der Waals surface area (Å²) >= 11 is 4.34.